The van der Waals surface area contributed by atoms with Gasteiger partial charge in [-0.05, 0) is 37.8 Å². The van der Waals surface area contributed by atoms with E-state index in [-0.39, 0.29) is 18.1 Å². The van der Waals surface area contributed by atoms with Crippen molar-refractivity contribution in [3.05, 3.63) is 17.2 Å². The predicted octanol–water partition coefficient (Wildman–Crippen LogP) is 4.56. The van der Waals surface area contributed by atoms with E-state index in [1.165, 1.54) is 6.92 Å². The highest BCUT2D eigenvalue weighted by Gasteiger charge is 2.44. The number of alkyl halides is 2. The van der Waals surface area contributed by atoms with Crippen molar-refractivity contribution in [1.29, 1.82) is 0 Å². The lowest BCUT2D eigenvalue weighted by Crippen LogP contribution is -2.40. The van der Waals surface area contributed by atoms with Gasteiger partial charge in [-0.3, -0.25) is 4.79 Å². The first-order chi connectivity index (χ1) is 13.6. The molecule has 1 heterocycles. The molecule has 0 spiro atoms. The molecule has 1 aromatic carbocycles. The molecular weight excluding hydrogens is 422 g/mol. The van der Waals surface area contributed by atoms with Crippen LogP contribution in [0.2, 0.25) is 5.02 Å². The van der Waals surface area contributed by atoms with Crippen molar-refractivity contribution < 1.29 is 23.0 Å². The van der Waals surface area contributed by atoms with Crippen LogP contribution in [0.25, 0.3) is 0 Å². The van der Waals surface area contributed by atoms with Gasteiger partial charge in [0.15, 0.2) is 0 Å². The fourth-order valence-electron chi connectivity index (χ4n) is 3.61. The summed E-state index contributed by atoms with van der Waals surface area (Å²) in [6.45, 7) is 5.31. The van der Waals surface area contributed by atoms with Crippen LogP contribution < -0.4 is 15.0 Å². The number of carbonyl (C=O) groups is 1. The van der Waals surface area contributed by atoms with Gasteiger partial charge in [-0.2, -0.15) is 0 Å². The first-order valence-electron chi connectivity index (χ1n) is 9.67. The Morgan fingerprint density at radius 2 is 2.14 bits per heavy atom. The molecular formula is C20H27ClF2N2O3S. The van der Waals surface area contributed by atoms with Crippen LogP contribution in [0.1, 0.15) is 33.6 Å². The van der Waals surface area contributed by atoms with Crippen LogP contribution in [0.3, 0.4) is 0 Å². The smallest absolute Gasteiger partial charge is 0.274 e. The maximum absolute atomic E-state index is 13.8. The van der Waals surface area contributed by atoms with Crippen LogP contribution in [-0.4, -0.2) is 49.6 Å². The SMILES string of the molecule is CC(=O)N[C@@H](C)COC1CC(COc2ccc3c(c2Cl)SC(C(C)(F)F)N3C)C1. The molecule has 1 saturated carbocycles. The van der Waals surface area contributed by atoms with E-state index in [1.54, 1.807) is 24.1 Å². The minimum absolute atomic E-state index is 0.0111. The molecule has 162 valence electrons. The Labute approximate surface area is 179 Å². The minimum atomic E-state index is -2.85. The number of hydrogen-bond donors (Lipinski definition) is 1. The number of rotatable bonds is 8. The summed E-state index contributed by atoms with van der Waals surface area (Å²) >= 11 is 7.53. The van der Waals surface area contributed by atoms with Crippen LogP contribution in [0.5, 0.6) is 5.75 Å². The molecule has 9 heteroatoms. The normalized spacial score (nSPS) is 24.7. The molecule has 1 aliphatic carbocycles. The summed E-state index contributed by atoms with van der Waals surface area (Å²) in [6, 6.07) is 3.52. The fraction of sp³-hybridized carbons (Fsp3) is 0.650. The Balaban J connectivity index is 1.47. The van der Waals surface area contributed by atoms with Gasteiger partial charge in [0.1, 0.15) is 11.1 Å². The molecule has 2 aliphatic rings. The van der Waals surface area contributed by atoms with Gasteiger partial charge in [0.05, 0.1) is 34.9 Å². The standard InChI is InChI=1S/C20H27ClF2N2O3S/c1-11(24-12(2)26)9-27-14-7-13(8-14)10-28-16-6-5-15-18(17(16)21)29-19(25(15)4)20(3,22)23/h5-6,11,13-14,19H,7-10H2,1-4H3,(H,24,26)/t11-,13?,14?,19?/m0/s1. The third kappa shape index (κ3) is 5.27. The lowest BCUT2D eigenvalue weighted by atomic mass is 9.83. The predicted molar refractivity (Wildman–Crippen MR) is 111 cm³/mol. The lowest BCUT2D eigenvalue weighted by Gasteiger charge is -2.35. The summed E-state index contributed by atoms with van der Waals surface area (Å²) in [6.07, 6.45) is 1.94. The second kappa shape index (κ2) is 8.86. The number of anilines is 1. The Morgan fingerprint density at radius 3 is 2.76 bits per heavy atom. The number of carbonyl (C=O) groups excluding carboxylic acids is 1. The van der Waals surface area contributed by atoms with Crippen molar-refractivity contribution in [3.63, 3.8) is 0 Å². The largest absolute Gasteiger partial charge is 0.492 e. The average molecular weight is 449 g/mol. The second-order valence-electron chi connectivity index (χ2n) is 7.97. The number of hydrogen-bond acceptors (Lipinski definition) is 5. The van der Waals surface area contributed by atoms with Crippen molar-refractivity contribution >= 4 is 35.0 Å². The van der Waals surface area contributed by atoms with Crippen molar-refractivity contribution in [3.8, 4) is 5.75 Å². The Bertz CT molecular complexity index is 756. The molecule has 1 unspecified atom stereocenters. The summed E-state index contributed by atoms with van der Waals surface area (Å²) in [4.78, 5) is 13.2. The fourth-order valence-corrected chi connectivity index (χ4v) is 5.20. The molecule has 1 amide bonds. The number of nitrogens with one attached hydrogen (secondary N) is 1. The van der Waals surface area contributed by atoms with Crippen LogP contribution >= 0.6 is 23.4 Å². The number of amides is 1. The van der Waals surface area contributed by atoms with Crippen molar-refractivity contribution in [2.24, 2.45) is 5.92 Å². The maximum Gasteiger partial charge on any atom is 0.274 e. The zero-order chi connectivity index (χ0) is 21.3. The van der Waals surface area contributed by atoms with E-state index in [4.69, 9.17) is 21.1 Å². The monoisotopic (exact) mass is 448 g/mol. The lowest BCUT2D eigenvalue weighted by molar-refractivity contribution is -0.120. The highest BCUT2D eigenvalue weighted by atomic mass is 35.5. The molecule has 0 bridgehead atoms. The number of fused-ring (bicyclic) bond motifs is 1. The second-order valence-corrected chi connectivity index (χ2v) is 9.44. The average Bonchev–Trinajstić information content (AvgIpc) is 2.92. The summed E-state index contributed by atoms with van der Waals surface area (Å²) in [7, 11) is 1.65. The van der Waals surface area contributed by atoms with Gasteiger partial charge in [-0.15, -0.1) is 0 Å². The third-order valence-electron chi connectivity index (χ3n) is 5.13. The molecule has 1 N–H and O–H groups in total. The van der Waals surface area contributed by atoms with E-state index in [2.05, 4.69) is 5.32 Å². The quantitative estimate of drug-likeness (QED) is 0.631. The first kappa shape index (κ1) is 22.4. The van der Waals surface area contributed by atoms with Gasteiger partial charge in [0, 0.05) is 26.9 Å². The zero-order valence-corrected chi connectivity index (χ0v) is 18.6. The van der Waals surface area contributed by atoms with E-state index in [1.807, 2.05) is 6.92 Å². The maximum atomic E-state index is 13.8. The zero-order valence-electron chi connectivity index (χ0n) is 17.0. The van der Waals surface area contributed by atoms with Crippen molar-refractivity contribution in [2.75, 3.05) is 25.2 Å². The Kier molecular flexibility index (Phi) is 6.85. The van der Waals surface area contributed by atoms with Crippen LogP contribution in [0, 0.1) is 5.92 Å². The van der Waals surface area contributed by atoms with E-state index in [9.17, 15) is 13.6 Å². The van der Waals surface area contributed by atoms with Crippen molar-refractivity contribution in [1.82, 2.24) is 5.32 Å². The van der Waals surface area contributed by atoms with Crippen LogP contribution in [-0.2, 0) is 9.53 Å². The number of halogens is 3. The van der Waals surface area contributed by atoms with Crippen LogP contribution in [0.15, 0.2) is 17.0 Å². The molecule has 0 saturated heterocycles. The Morgan fingerprint density at radius 1 is 1.45 bits per heavy atom. The Hall–Kier alpha value is -1.25. The summed E-state index contributed by atoms with van der Waals surface area (Å²) in [5.74, 6) is -2.02. The molecule has 3 rings (SSSR count). The highest BCUT2D eigenvalue weighted by molar-refractivity contribution is 8.00. The number of ether oxygens (including phenoxy) is 2. The van der Waals surface area contributed by atoms with E-state index < -0.39 is 11.3 Å². The molecule has 1 aromatic rings. The van der Waals surface area contributed by atoms with E-state index in [0.29, 0.717) is 40.5 Å². The van der Waals surface area contributed by atoms with Crippen LogP contribution in [0.4, 0.5) is 14.5 Å². The topological polar surface area (TPSA) is 50.8 Å². The minimum Gasteiger partial charge on any atom is -0.492 e. The summed E-state index contributed by atoms with van der Waals surface area (Å²) < 4.78 is 39.3. The summed E-state index contributed by atoms with van der Waals surface area (Å²) in [5.41, 5.74) is 0.698. The number of nitrogens with zero attached hydrogens (tertiary/aromatic N) is 1. The number of thioether (sulfide) groups is 1. The van der Waals surface area contributed by atoms with Gasteiger partial charge in [-0.25, -0.2) is 8.78 Å². The molecule has 5 nitrogen and oxygen atoms in total. The molecule has 1 fully saturated rings. The van der Waals surface area contributed by atoms with Gasteiger partial charge >= 0.3 is 0 Å². The van der Waals surface area contributed by atoms with Crippen molar-refractivity contribution in [2.45, 2.75) is 62.0 Å². The molecule has 0 radical (unpaired) electrons. The molecule has 29 heavy (non-hydrogen) atoms. The molecule has 0 aromatic heterocycles. The first-order valence-corrected chi connectivity index (χ1v) is 10.9. The van der Waals surface area contributed by atoms with E-state index in [0.717, 1.165) is 31.5 Å². The van der Waals surface area contributed by atoms with Gasteiger partial charge in [0.2, 0.25) is 5.91 Å². The van der Waals surface area contributed by atoms with Gasteiger partial charge < -0.3 is 19.7 Å². The summed E-state index contributed by atoms with van der Waals surface area (Å²) in [5, 5.41) is 2.20. The third-order valence-corrected chi connectivity index (χ3v) is 7.22. The highest BCUT2D eigenvalue weighted by Crippen LogP contribution is 2.53. The van der Waals surface area contributed by atoms with E-state index >= 15 is 0 Å². The molecule has 2 atom stereocenters. The van der Waals surface area contributed by atoms with Gasteiger partial charge in [0.25, 0.3) is 5.92 Å². The molecule has 1 aliphatic heterocycles. The van der Waals surface area contributed by atoms with Gasteiger partial charge in [-0.1, -0.05) is 23.4 Å². The number of benzene rings is 1.